The van der Waals surface area contributed by atoms with Gasteiger partial charge in [0.25, 0.3) is 0 Å². The molecule has 1 aliphatic rings. The summed E-state index contributed by atoms with van der Waals surface area (Å²) in [5, 5.41) is 3.05. The number of nitrogens with one attached hydrogen (secondary N) is 1. The van der Waals surface area contributed by atoms with Gasteiger partial charge in [-0.05, 0) is 38.5 Å². The Morgan fingerprint density at radius 2 is 2.07 bits per heavy atom. The Bertz CT molecular complexity index is 249. The van der Waals surface area contributed by atoms with Crippen LogP contribution in [0.1, 0.15) is 47.0 Å². The van der Waals surface area contributed by atoms with Crippen LogP contribution in [0.15, 0.2) is 11.6 Å². The molecule has 1 atom stereocenters. The molecule has 0 spiro atoms. The monoisotopic (exact) mass is 195 g/mol. The van der Waals surface area contributed by atoms with Crippen molar-refractivity contribution in [2.24, 2.45) is 5.41 Å². The van der Waals surface area contributed by atoms with Gasteiger partial charge in [0.2, 0.25) is 5.91 Å². The van der Waals surface area contributed by atoms with Crippen LogP contribution in [0, 0.1) is 5.41 Å². The molecule has 1 aliphatic carbocycles. The summed E-state index contributed by atoms with van der Waals surface area (Å²) >= 11 is 0. The van der Waals surface area contributed by atoms with Crippen LogP contribution in [0.25, 0.3) is 0 Å². The summed E-state index contributed by atoms with van der Waals surface area (Å²) in [6.45, 7) is 8.41. The predicted octanol–water partition coefficient (Wildman–Crippen LogP) is 2.65. The van der Waals surface area contributed by atoms with E-state index in [1.54, 1.807) is 6.08 Å². The fourth-order valence-electron chi connectivity index (χ4n) is 2.06. The predicted molar refractivity (Wildman–Crippen MR) is 59.0 cm³/mol. The number of carbonyl (C=O) groups excluding carboxylic acids is 1. The van der Waals surface area contributed by atoms with Crippen molar-refractivity contribution in [2.45, 2.75) is 53.0 Å². The Balaban J connectivity index is 2.40. The van der Waals surface area contributed by atoms with E-state index < -0.39 is 0 Å². The Morgan fingerprint density at radius 1 is 1.43 bits per heavy atom. The third-order valence-electron chi connectivity index (χ3n) is 2.73. The number of amides is 1. The molecule has 0 aromatic heterocycles. The average molecular weight is 195 g/mol. The van der Waals surface area contributed by atoms with Gasteiger partial charge in [0.1, 0.15) is 0 Å². The molecule has 1 rings (SSSR count). The van der Waals surface area contributed by atoms with E-state index in [9.17, 15) is 4.79 Å². The highest BCUT2D eigenvalue weighted by molar-refractivity contribution is 5.88. The van der Waals surface area contributed by atoms with Gasteiger partial charge in [0, 0.05) is 12.1 Å². The minimum absolute atomic E-state index is 0.0627. The first kappa shape index (κ1) is 11.3. The highest BCUT2D eigenvalue weighted by Gasteiger charge is 2.31. The smallest absolute Gasteiger partial charge is 0.244 e. The van der Waals surface area contributed by atoms with Crippen LogP contribution in [0.3, 0.4) is 0 Å². The topological polar surface area (TPSA) is 29.1 Å². The summed E-state index contributed by atoms with van der Waals surface area (Å²) in [6, 6.07) is 0.383. The second-order valence-electron chi connectivity index (χ2n) is 5.33. The van der Waals surface area contributed by atoms with Crippen molar-refractivity contribution in [3.05, 3.63) is 11.6 Å². The highest BCUT2D eigenvalue weighted by Crippen LogP contribution is 2.36. The first-order chi connectivity index (χ1) is 6.39. The molecular weight excluding hydrogens is 174 g/mol. The number of allylic oxidation sites excluding steroid dienone is 1. The zero-order valence-electron chi connectivity index (χ0n) is 9.68. The molecule has 1 unspecified atom stereocenters. The van der Waals surface area contributed by atoms with Gasteiger partial charge >= 0.3 is 0 Å². The van der Waals surface area contributed by atoms with Gasteiger partial charge < -0.3 is 5.32 Å². The van der Waals surface area contributed by atoms with Crippen molar-refractivity contribution in [3.63, 3.8) is 0 Å². The van der Waals surface area contributed by atoms with E-state index in [0.717, 1.165) is 18.4 Å². The van der Waals surface area contributed by atoms with Crippen LogP contribution in [-0.2, 0) is 4.79 Å². The van der Waals surface area contributed by atoms with Gasteiger partial charge in [0.15, 0.2) is 0 Å². The maximum atomic E-state index is 11.4. The minimum atomic E-state index is 0.0627. The number of carbonyl (C=O) groups is 1. The molecular formula is C12H21NO. The maximum absolute atomic E-state index is 11.4. The second-order valence-corrected chi connectivity index (χ2v) is 5.33. The Labute approximate surface area is 86.8 Å². The molecule has 1 N–H and O–H groups in total. The first-order valence-corrected chi connectivity index (χ1v) is 5.34. The van der Waals surface area contributed by atoms with Crippen LogP contribution in [0.5, 0.6) is 0 Å². The minimum Gasteiger partial charge on any atom is -0.350 e. The lowest BCUT2D eigenvalue weighted by Crippen LogP contribution is -2.32. The Kier molecular flexibility index (Phi) is 3.35. The molecule has 14 heavy (non-hydrogen) atoms. The molecule has 0 aliphatic heterocycles. The quantitative estimate of drug-likeness (QED) is 0.674. The molecule has 2 nitrogen and oxygen atoms in total. The van der Waals surface area contributed by atoms with Crippen LogP contribution in [-0.4, -0.2) is 11.9 Å². The van der Waals surface area contributed by atoms with Crippen LogP contribution < -0.4 is 5.32 Å². The summed E-state index contributed by atoms with van der Waals surface area (Å²) in [5.41, 5.74) is 1.46. The Morgan fingerprint density at radius 3 is 2.50 bits per heavy atom. The van der Waals surface area contributed by atoms with Gasteiger partial charge in [0.05, 0.1) is 0 Å². The van der Waals surface area contributed by atoms with Crippen molar-refractivity contribution >= 4 is 5.91 Å². The van der Waals surface area contributed by atoms with E-state index in [0.29, 0.717) is 11.5 Å². The van der Waals surface area contributed by atoms with Crippen LogP contribution in [0.2, 0.25) is 0 Å². The number of rotatable bonds is 2. The zero-order chi connectivity index (χ0) is 10.8. The molecule has 1 amide bonds. The lowest BCUT2D eigenvalue weighted by atomic mass is 9.92. The lowest BCUT2D eigenvalue weighted by Gasteiger charge is -2.17. The summed E-state index contributed by atoms with van der Waals surface area (Å²) in [4.78, 5) is 11.4. The van der Waals surface area contributed by atoms with Crippen molar-refractivity contribution in [3.8, 4) is 0 Å². The van der Waals surface area contributed by atoms with E-state index in [-0.39, 0.29) is 5.91 Å². The lowest BCUT2D eigenvalue weighted by molar-refractivity contribution is -0.117. The van der Waals surface area contributed by atoms with E-state index in [1.165, 1.54) is 6.42 Å². The van der Waals surface area contributed by atoms with E-state index in [4.69, 9.17) is 0 Å². The molecule has 0 saturated heterocycles. The van der Waals surface area contributed by atoms with Gasteiger partial charge in [-0.3, -0.25) is 4.79 Å². The van der Waals surface area contributed by atoms with Crippen molar-refractivity contribution in [2.75, 3.05) is 0 Å². The Hall–Kier alpha value is -0.790. The van der Waals surface area contributed by atoms with Crippen molar-refractivity contribution < 1.29 is 4.79 Å². The van der Waals surface area contributed by atoms with Crippen molar-refractivity contribution in [1.29, 1.82) is 0 Å². The molecule has 2 heteroatoms. The van der Waals surface area contributed by atoms with E-state index in [1.807, 2.05) is 13.8 Å². The number of hydrogen-bond donors (Lipinski definition) is 1. The molecule has 1 fully saturated rings. The summed E-state index contributed by atoms with van der Waals surface area (Å²) in [6.07, 6.45) is 5.11. The first-order valence-electron chi connectivity index (χ1n) is 5.34. The molecule has 0 aromatic carbocycles. The van der Waals surface area contributed by atoms with Gasteiger partial charge in [-0.2, -0.15) is 0 Å². The van der Waals surface area contributed by atoms with Crippen molar-refractivity contribution in [1.82, 2.24) is 5.32 Å². The van der Waals surface area contributed by atoms with Crippen LogP contribution in [0.4, 0.5) is 0 Å². The largest absolute Gasteiger partial charge is 0.350 e. The molecule has 0 radical (unpaired) electrons. The summed E-state index contributed by atoms with van der Waals surface area (Å²) < 4.78 is 0. The number of hydrogen-bond acceptors (Lipinski definition) is 1. The third kappa shape index (κ3) is 3.52. The van der Waals surface area contributed by atoms with E-state index in [2.05, 4.69) is 19.2 Å². The third-order valence-corrected chi connectivity index (χ3v) is 2.73. The van der Waals surface area contributed by atoms with Gasteiger partial charge in [-0.1, -0.05) is 19.4 Å². The standard InChI is InChI=1S/C12H21NO/c1-9(2)7-11(14)13-10-5-6-12(3,4)8-10/h7,10H,5-6,8H2,1-4H3,(H,13,14). The zero-order valence-corrected chi connectivity index (χ0v) is 9.68. The molecule has 80 valence electrons. The fourth-order valence-corrected chi connectivity index (χ4v) is 2.06. The van der Waals surface area contributed by atoms with Crippen LogP contribution >= 0.6 is 0 Å². The van der Waals surface area contributed by atoms with Gasteiger partial charge in [-0.15, -0.1) is 0 Å². The SMILES string of the molecule is CC(C)=CC(=O)NC1CCC(C)(C)C1. The van der Waals surface area contributed by atoms with E-state index >= 15 is 0 Å². The average Bonchev–Trinajstić information content (AvgIpc) is 2.27. The normalized spacial score (nSPS) is 24.4. The highest BCUT2D eigenvalue weighted by atomic mass is 16.1. The fraction of sp³-hybridized carbons (Fsp3) is 0.750. The molecule has 0 heterocycles. The molecule has 1 saturated carbocycles. The van der Waals surface area contributed by atoms with Gasteiger partial charge in [-0.25, -0.2) is 0 Å². The second kappa shape index (κ2) is 4.16. The summed E-state index contributed by atoms with van der Waals surface area (Å²) in [7, 11) is 0. The molecule has 0 aromatic rings. The maximum Gasteiger partial charge on any atom is 0.244 e. The molecule has 0 bridgehead atoms. The summed E-state index contributed by atoms with van der Waals surface area (Å²) in [5.74, 6) is 0.0627.